The summed E-state index contributed by atoms with van der Waals surface area (Å²) in [5.74, 6) is 1.57. The fraction of sp³-hybridized carbons (Fsp3) is 0.226. The smallest absolute Gasteiger partial charge is 0.263 e. The summed E-state index contributed by atoms with van der Waals surface area (Å²) in [6, 6.07) is 25.1. The first-order chi connectivity index (χ1) is 19.0. The number of carbonyl (C=O) groups excluding carboxylic acids is 1. The van der Waals surface area contributed by atoms with Crippen LogP contribution in [0, 0.1) is 0 Å². The van der Waals surface area contributed by atoms with Crippen LogP contribution in [0.2, 0.25) is 5.02 Å². The van der Waals surface area contributed by atoms with Gasteiger partial charge in [0.05, 0.1) is 11.0 Å². The van der Waals surface area contributed by atoms with E-state index >= 15 is 0 Å². The lowest BCUT2D eigenvalue weighted by Crippen LogP contribution is -2.44. The zero-order chi connectivity index (χ0) is 26.8. The first-order valence-corrected chi connectivity index (χ1v) is 13.4. The molecule has 0 spiro atoms. The fourth-order valence-corrected chi connectivity index (χ4v) is 5.02. The van der Waals surface area contributed by atoms with Gasteiger partial charge in [0.2, 0.25) is 0 Å². The highest BCUT2D eigenvalue weighted by molar-refractivity contribution is 6.30. The van der Waals surface area contributed by atoms with E-state index in [1.807, 2.05) is 54.6 Å². The molecule has 0 atom stereocenters. The Labute approximate surface area is 232 Å². The molecule has 0 aliphatic carbocycles. The van der Waals surface area contributed by atoms with Crippen molar-refractivity contribution in [2.45, 2.75) is 13.0 Å². The highest BCUT2D eigenvalue weighted by Gasteiger charge is 2.20. The van der Waals surface area contributed by atoms with Crippen molar-refractivity contribution in [3.63, 3.8) is 0 Å². The lowest BCUT2D eigenvalue weighted by Gasteiger charge is -2.34. The number of nitrogens with one attached hydrogen (secondary N) is 1. The van der Waals surface area contributed by atoms with E-state index < -0.39 is 0 Å². The highest BCUT2D eigenvalue weighted by atomic mass is 35.5. The molecular weight excluding hydrogens is 512 g/mol. The zero-order valence-corrected chi connectivity index (χ0v) is 22.4. The molecule has 2 aromatic heterocycles. The Morgan fingerprint density at radius 3 is 2.64 bits per heavy atom. The van der Waals surface area contributed by atoms with Crippen molar-refractivity contribution in [3.05, 3.63) is 112 Å². The van der Waals surface area contributed by atoms with Crippen molar-refractivity contribution in [2.75, 3.05) is 38.1 Å². The number of furan rings is 1. The van der Waals surface area contributed by atoms with Gasteiger partial charge in [-0.3, -0.25) is 4.79 Å². The number of rotatable bonds is 8. The van der Waals surface area contributed by atoms with Crippen LogP contribution in [0.25, 0.3) is 11.0 Å². The molecule has 0 amide bonds. The minimum Gasteiger partial charge on any atom is -0.489 e. The van der Waals surface area contributed by atoms with E-state index in [0.717, 1.165) is 59.8 Å². The first kappa shape index (κ1) is 25.2. The maximum Gasteiger partial charge on any atom is 0.263 e. The quantitative estimate of drug-likeness (QED) is 0.245. The van der Waals surface area contributed by atoms with Gasteiger partial charge in [0.1, 0.15) is 18.1 Å². The van der Waals surface area contributed by atoms with E-state index in [2.05, 4.69) is 38.9 Å². The van der Waals surface area contributed by atoms with Crippen LogP contribution in [0.1, 0.15) is 33.3 Å². The Morgan fingerprint density at radius 1 is 1.00 bits per heavy atom. The van der Waals surface area contributed by atoms with Crippen LogP contribution in [0.3, 0.4) is 0 Å². The van der Waals surface area contributed by atoms with E-state index in [9.17, 15) is 4.79 Å². The molecule has 8 heteroatoms. The van der Waals surface area contributed by atoms with Gasteiger partial charge in [-0.05, 0) is 61.1 Å². The lowest BCUT2D eigenvalue weighted by atomic mass is 10.1. The average Bonchev–Trinajstić information content (AvgIpc) is 3.60. The largest absolute Gasteiger partial charge is 0.489 e. The predicted molar refractivity (Wildman–Crippen MR) is 153 cm³/mol. The Bertz CT molecular complexity index is 1600. The number of hydrogen-bond acceptors (Lipinski definition) is 6. The zero-order valence-electron chi connectivity index (χ0n) is 21.7. The summed E-state index contributed by atoms with van der Waals surface area (Å²) < 4.78 is 12.0. The van der Waals surface area contributed by atoms with Crippen LogP contribution >= 0.6 is 11.6 Å². The molecule has 1 aliphatic rings. The number of benzene rings is 3. The maximum atomic E-state index is 13.2. The van der Waals surface area contributed by atoms with Crippen LogP contribution in [0.4, 0.5) is 5.69 Å². The number of ether oxygens (including phenoxy) is 1. The number of imidazole rings is 1. The van der Waals surface area contributed by atoms with Crippen LogP contribution in [-0.4, -0.2) is 53.9 Å². The lowest BCUT2D eigenvalue weighted by molar-refractivity contribution is 0.0999. The number of ketones is 1. The Balaban J connectivity index is 1.17. The van der Waals surface area contributed by atoms with Gasteiger partial charge >= 0.3 is 0 Å². The monoisotopic (exact) mass is 540 g/mol. The molecule has 1 aliphatic heterocycles. The minimum atomic E-state index is -0.287. The molecule has 0 bridgehead atoms. The number of aromatic amines is 1. The Kier molecular flexibility index (Phi) is 7.09. The van der Waals surface area contributed by atoms with Crippen molar-refractivity contribution in [3.8, 4) is 5.75 Å². The molecule has 1 saturated heterocycles. The van der Waals surface area contributed by atoms with Crippen LogP contribution in [0.15, 0.2) is 83.3 Å². The van der Waals surface area contributed by atoms with Crippen molar-refractivity contribution in [1.82, 2.24) is 14.9 Å². The molecule has 0 radical (unpaired) electrons. The summed E-state index contributed by atoms with van der Waals surface area (Å²) in [7, 11) is 2.14. The Morgan fingerprint density at radius 2 is 1.82 bits per heavy atom. The molecule has 0 saturated carbocycles. The van der Waals surface area contributed by atoms with Crippen molar-refractivity contribution < 1.29 is 13.9 Å². The van der Waals surface area contributed by atoms with E-state index in [1.54, 1.807) is 12.1 Å². The molecule has 3 aromatic carbocycles. The third-order valence-electron chi connectivity index (χ3n) is 7.06. The normalized spacial score (nSPS) is 14.2. The average molecular weight is 541 g/mol. The van der Waals surface area contributed by atoms with E-state index in [4.69, 9.17) is 20.8 Å². The van der Waals surface area contributed by atoms with Gasteiger partial charge in [0, 0.05) is 48.9 Å². The molecular formula is C31H29ClN4O3. The minimum absolute atomic E-state index is 0.233. The summed E-state index contributed by atoms with van der Waals surface area (Å²) in [6.07, 6.45) is 0.437. The van der Waals surface area contributed by atoms with Crippen molar-refractivity contribution in [1.29, 1.82) is 0 Å². The number of halogens is 1. The highest BCUT2D eigenvalue weighted by Crippen LogP contribution is 2.28. The number of carbonyl (C=O) groups is 1. The molecule has 1 N–H and O–H groups in total. The summed E-state index contributed by atoms with van der Waals surface area (Å²) in [5, 5.41) is 0.609. The number of aromatic nitrogens is 2. The fourth-order valence-electron chi connectivity index (χ4n) is 4.83. The predicted octanol–water partition coefficient (Wildman–Crippen LogP) is 5.96. The molecule has 39 heavy (non-hydrogen) atoms. The van der Waals surface area contributed by atoms with Crippen LogP contribution in [0.5, 0.6) is 5.75 Å². The van der Waals surface area contributed by atoms with Gasteiger partial charge in [0.25, 0.3) is 5.78 Å². The molecule has 0 unspecified atom stereocenters. The topological polar surface area (TPSA) is 74.6 Å². The molecule has 5 aromatic rings. The van der Waals surface area contributed by atoms with Gasteiger partial charge < -0.3 is 23.9 Å². The molecule has 7 nitrogen and oxygen atoms in total. The number of likely N-dealkylation sites (N-methyl/N-ethyl adjacent to an activating group) is 1. The summed E-state index contributed by atoms with van der Waals surface area (Å²) in [6.45, 7) is 4.45. The van der Waals surface area contributed by atoms with Crippen molar-refractivity contribution in [2.24, 2.45) is 0 Å². The van der Waals surface area contributed by atoms with Gasteiger partial charge in [0.15, 0.2) is 11.6 Å². The van der Waals surface area contributed by atoms with E-state index in [-0.39, 0.29) is 17.4 Å². The molecule has 6 rings (SSSR count). The van der Waals surface area contributed by atoms with Crippen LogP contribution < -0.4 is 9.64 Å². The number of hydrogen-bond donors (Lipinski definition) is 1. The molecule has 1 fully saturated rings. The molecule has 198 valence electrons. The first-order valence-electron chi connectivity index (χ1n) is 13.0. The van der Waals surface area contributed by atoms with Crippen molar-refractivity contribution >= 4 is 34.1 Å². The number of piperazine rings is 1. The van der Waals surface area contributed by atoms with Gasteiger partial charge in [-0.2, -0.15) is 0 Å². The number of fused-ring (bicyclic) bond motifs is 1. The molecule has 3 heterocycles. The second kappa shape index (κ2) is 11.0. The van der Waals surface area contributed by atoms with Gasteiger partial charge in [-0.1, -0.05) is 41.9 Å². The van der Waals surface area contributed by atoms with Gasteiger partial charge in [-0.25, -0.2) is 4.98 Å². The van der Waals surface area contributed by atoms with Gasteiger partial charge in [-0.15, -0.1) is 0 Å². The second-order valence-electron chi connectivity index (χ2n) is 9.88. The summed E-state index contributed by atoms with van der Waals surface area (Å²) in [5.41, 5.74) is 4.67. The number of nitrogens with zero attached hydrogens (tertiary/aromatic N) is 3. The van der Waals surface area contributed by atoms with E-state index in [0.29, 0.717) is 23.8 Å². The Hall–Kier alpha value is -4.07. The third kappa shape index (κ3) is 5.70. The number of H-pyrrole nitrogens is 1. The maximum absolute atomic E-state index is 13.2. The van der Waals surface area contributed by atoms with Crippen LogP contribution in [-0.2, 0) is 13.0 Å². The van der Waals surface area contributed by atoms with E-state index in [1.165, 1.54) is 0 Å². The second-order valence-corrected chi connectivity index (χ2v) is 10.3. The summed E-state index contributed by atoms with van der Waals surface area (Å²) in [4.78, 5) is 25.6. The third-order valence-corrected chi connectivity index (χ3v) is 7.29. The summed E-state index contributed by atoms with van der Waals surface area (Å²) >= 11 is 6.28. The number of anilines is 1. The standard InChI is InChI=1S/C31H29ClN4O3/c1-35-13-15-36(16-14-35)24-8-10-26-27(19-24)34-31(33-26)30(37)29-12-9-25(39-29)18-22-17-23(32)7-11-28(22)38-20-21-5-3-2-4-6-21/h2-12,17,19H,13-16,18,20H2,1H3,(H,33,34). The SMILES string of the molecule is CN1CCN(c2ccc3nc(C(=O)c4ccc(Cc5cc(Cl)ccc5OCc5ccccc5)o4)[nH]c3c2)CC1.